The Hall–Kier alpha value is -2.45. The summed E-state index contributed by atoms with van der Waals surface area (Å²) in [5.41, 5.74) is 6.26. The molecule has 0 atom stereocenters. The van der Waals surface area contributed by atoms with Gasteiger partial charge in [0.25, 0.3) is 5.91 Å². The molecule has 0 spiro atoms. The van der Waals surface area contributed by atoms with Crippen molar-refractivity contribution in [3.05, 3.63) is 54.4 Å². The molecule has 126 valence electrons. The van der Waals surface area contributed by atoms with Crippen LogP contribution in [0, 0.1) is 0 Å². The molecule has 0 saturated carbocycles. The molecular weight excluding hydrogens is 328 g/mol. The summed E-state index contributed by atoms with van der Waals surface area (Å²) in [5, 5.41) is 0. The van der Waals surface area contributed by atoms with Gasteiger partial charge in [0.1, 0.15) is 5.69 Å². The van der Waals surface area contributed by atoms with Crippen LogP contribution in [0.25, 0.3) is 0 Å². The number of carbonyl (C=O) groups excluding carboxylic acids is 1. The van der Waals surface area contributed by atoms with Gasteiger partial charge >= 0.3 is 0 Å². The monoisotopic (exact) mass is 346 g/mol. The zero-order chi connectivity index (χ0) is 17.2. The molecule has 8 heteroatoms. The maximum atomic E-state index is 12.6. The Morgan fingerprint density at radius 2 is 1.71 bits per heavy atom. The quantitative estimate of drug-likeness (QED) is 0.879. The third-order valence-electron chi connectivity index (χ3n) is 3.98. The van der Waals surface area contributed by atoms with Crippen LogP contribution in [0.1, 0.15) is 10.5 Å². The van der Waals surface area contributed by atoms with Crippen molar-refractivity contribution in [1.29, 1.82) is 0 Å². The molecular formula is C16H18N4O3S. The first-order chi connectivity index (χ1) is 11.5. The van der Waals surface area contributed by atoms with Gasteiger partial charge in [0.05, 0.1) is 4.90 Å². The van der Waals surface area contributed by atoms with Gasteiger partial charge in [0.15, 0.2) is 0 Å². The van der Waals surface area contributed by atoms with E-state index in [9.17, 15) is 13.2 Å². The van der Waals surface area contributed by atoms with Gasteiger partial charge < -0.3 is 10.6 Å². The van der Waals surface area contributed by atoms with Crippen molar-refractivity contribution in [3.8, 4) is 0 Å². The van der Waals surface area contributed by atoms with E-state index in [1.54, 1.807) is 42.5 Å². The standard InChI is InChI=1S/C16H18N4O3S/c17-16(21)15-12-13(6-7-18-15)19-8-10-20(11-9-19)24(22,23)14-4-2-1-3-5-14/h1-7,12H,8-11H2,(H2,17,21). The Labute approximate surface area is 140 Å². The summed E-state index contributed by atoms with van der Waals surface area (Å²) in [6.45, 7) is 1.83. The molecule has 7 nitrogen and oxygen atoms in total. The number of nitrogens with two attached hydrogens (primary N) is 1. The van der Waals surface area contributed by atoms with E-state index in [0.29, 0.717) is 31.1 Å². The number of amides is 1. The smallest absolute Gasteiger partial charge is 0.267 e. The molecule has 1 saturated heterocycles. The number of benzene rings is 1. The van der Waals surface area contributed by atoms with E-state index >= 15 is 0 Å². The second-order valence-corrected chi connectivity index (χ2v) is 7.41. The van der Waals surface area contributed by atoms with Crippen LogP contribution in [0.4, 0.5) is 5.69 Å². The number of aromatic nitrogens is 1. The number of carbonyl (C=O) groups is 1. The zero-order valence-electron chi connectivity index (χ0n) is 13.0. The third-order valence-corrected chi connectivity index (χ3v) is 5.89. The first kappa shape index (κ1) is 16.4. The fraction of sp³-hybridized carbons (Fsp3) is 0.250. The summed E-state index contributed by atoms with van der Waals surface area (Å²) < 4.78 is 26.7. The van der Waals surface area contributed by atoms with Gasteiger partial charge in [-0.2, -0.15) is 4.31 Å². The summed E-state index contributed by atoms with van der Waals surface area (Å²) in [7, 11) is -3.47. The molecule has 0 radical (unpaired) electrons. The average Bonchev–Trinajstić information content (AvgIpc) is 2.62. The number of pyridine rings is 1. The fourth-order valence-corrected chi connectivity index (χ4v) is 4.12. The molecule has 1 amide bonds. The molecule has 24 heavy (non-hydrogen) atoms. The summed E-state index contributed by atoms with van der Waals surface area (Å²) in [4.78, 5) is 17.5. The second-order valence-electron chi connectivity index (χ2n) is 5.47. The number of hydrogen-bond donors (Lipinski definition) is 1. The first-order valence-electron chi connectivity index (χ1n) is 7.54. The first-order valence-corrected chi connectivity index (χ1v) is 8.98. The van der Waals surface area contributed by atoms with E-state index in [2.05, 4.69) is 4.98 Å². The summed E-state index contributed by atoms with van der Waals surface area (Å²) >= 11 is 0. The van der Waals surface area contributed by atoms with Gasteiger partial charge in [-0.15, -0.1) is 0 Å². The Morgan fingerprint density at radius 1 is 1.04 bits per heavy atom. The Morgan fingerprint density at radius 3 is 2.33 bits per heavy atom. The lowest BCUT2D eigenvalue weighted by Gasteiger charge is -2.35. The molecule has 3 rings (SSSR count). The molecule has 2 aromatic rings. The molecule has 0 unspecified atom stereocenters. The molecule has 1 aliphatic rings. The van der Waals surface area contributed by atoms with Crippen molar-refractivity contribution in [1.82, 2.24) is 9.29 Å². The van der Waals surface area contributed by atoms with Crippen molar-refractivity contribution in [3.63, 3.8) is 0 Å². The van der Waals surface area contributed by atoms with Gasteiger partial charge in [-0.25, -0.2) is 8.42 Å². The molecule has 1 aromatic heterocycles. The van der Waals surface area contributed by atoms with E-state index < -0.39 is 15.9 Å². The highest BCUT2D eigenvalue weighted by Gasteiger charge is 2.28. The number of primary amides is 1. The van der Waals surface area contributed by atoms with E-state index in [4.69, 9.17) is 5.73 Å². The van der Waals surface area contributed by atoms with E-state index in [1.807, 2.05) is 4.90 Å². The predicted molar refractivity (Wildman–Crippen MR) is 90.2 cm³/mol. The molecule has 2 heterocycles. The number of sulfonamides is 1. The van der Waals surface area contributed by atoms with Crippen LogP contribution < -0.4 is 10.6 Å². The van der Waals surface area contributed by atoms with E-state index in [1.165, 1.54) is 10.5 Å². The summed E-state index contributed by atoms with van der Waals surface area (Å²) in [6, 6.07) is 11.8. The van der Waals surface area contributed by atoms with Crippen molar-refractivity contribution < 1.29 is 13.2 Å². The number of nitrogens with zero attached hydrogens (tertiary/aromatic N) is 3. The zero-order valence-corrected chi connectivity index (χ0v) is 13.8. The third kappa shape index (κ3) is 3.24. The molecule has 1 fully saturated rings. The number of anilines is 1. The minimum atomic E-state index is -3.47. The van der Waals surface area contributed by atoms with Crippen molar-refractivity contribution in [2.24, 2.45) is 5.73 Å². The summed E-state index contributed by atoms with van der Waals surface area (Å²) in [5.74, 6) is -0.581. The molecule has 1 aromatic carbocycles. The van der Waals surface area contributed by atoms with Crippen LogP contribution >= 0.6 is 0 Å². The van der Waals surface area contributed by atoms with Gasteiger partial charge in [0.2, 0.25) is 10.0 Å². The number of rotatable bonds is 4. The highest BCUT2D eigenvalue weighted by atomic mass is 32.2. The van der Waals surface area contributed by atoms with Crippen molar-refractivity contribution in [2.45, 2.75) is 4.90 Å². The molecule has 2 N–H and O–H groups in total. The van der Waals surface area contributed by atoms with Crippen LogP contribution in [0.5, 0.6) is 0 Å². The minimum absolute atomic E-state index is 0.201. The fourth-order valence-electron chi connectivity index (χ4n) is 2.68. The lowest BCUT2D eigenvalue weighted by atomic mass is 10.2. The topological polar surface area (TPSA) is 96.6 Å². The highest BCUT2D eigenvalue weighted by Crippen LogP contribution is 2.21. The van der Waals surface area contributed by atoms with Crippen LogP contribution in [0.3, 0.4) is 0 Å². The number of hydrogen-bond acceptors (Lipinski definition) is 5. The lowest BCUT2D eigenvalue weighted by Crippen LogP contribution is -2.48. The molecule has 1 aliphatic heterocycles. The Bertz CT molecular complexity index is 831. The second kappa shape index (κ2) is 6.58. The lowest BCUT2D eigenvalue weighted by molar-refractivity contribution is 0.0995. The van der Waals surface area contributed by atoms with Gasteiger partial charge in [-0.3, -0.25) is 9.78 Å². The maximum absolute atomic E-state index is 12.6. The van der Waals surface area contributed by atoms with Gasteiger partial charge in [-0.05, 0) is 24.3 Å². The SMILES string of the molecule is NC(=O)c1cc(N2CCN(S(=O)(=O)c3ccccc3)CC2)ccn1. The predicted octanol–water partition coefficient (Wildman–Crippen LogP) is 0.691. The Balaban J connectivity index is 1.72. The largest absolute Gasteiger partial charge is 0.369 e. The van der Waals surface area contributed by atoms with Crippen LogP contribution in [0.15, 0.2) is 53.6 Å². The normalized spacial score (nSPS) is 16.1. The molecule has 0 bridgehead atoms. The van der Waals surface area contributed by atoms with Crippen LogP contribution in [-0.2, 0) is 10.0 Å². The van der Waals surface area contributed by atoms with Crippen molar-refractivity contribution in [2.75, 3.05) is 31.1 Å². The van der Waals surface area contributed by atoms with Crippen LogP contribution in [-0.4, -0.2) is 49.8 Å². The van der Waals surface area contributed by atoms with Crippen molar-refractivity contribution >= 4 is 21.6 Å². The molecule has 0 aliphatic carbocycles. The minimum Gasteiger partial charge on any atom is -0.369 e. The van der Waals surface area contributed by atoms with Crippen LogP contribution in [0.2, 0.25) is 0 Å². The van der Waals surface area contributed by atoms with Gasteiger partial charge in [0, 0.05) is 38.1 Å². The van der Waals surface area contributed by atoms with E-state index in [-0.39, 0.29) is 5.69 Å². The number of piperazine rings is 1. The maximum Gasteiger partial charge on any atom is 0.267 e. The Kier molecular flexibility index (Phi) is 4.50. The van der Waals surface area contributed by atoms with E-state index in [0.717, 1.165) is 5.69 Å². The highest BCUT2D eigenvalue weighted by molar-refractivity contribution is 7.89. The average molecular weight is 346 g/mol. The van der Waals surface area contributed by atoms with Gasteiger partial charge in [-0.1, -0.05) is 18.2 Å². The summed E-state index contributed by atoms with van der Waals surface area (Å²) in [6.07, 6.45) is 1.53.